The highest BCUT2D eigenvalue weighted by Gasteiger charge is 2.20. The summed E-state index contributed by atoms with van der Waals surface area (Å²) in [4.78, 5) is 24.8. The van der Waals surface area contributed by atoms with E-state index in [4.69, 9.17) is 9.47 Å². The van der Waals surface area contributed by atoms with Crippen LogP contribution >= 0.6 is 11.3 Å². The van der Waals surface area contributed by atoms with Crippen molar-refractivity contribution in [3.05, 3.63) is 71.0 Å². The Morgan fingerprint density at radius 3 is 2.69 bits per heavy atom. The Bertz CT molecular complexity index is 1240. The van der Waals surface area contributed by atoms with Crippen molar-refractivity contribution in [1.82, 2.24) is 24.6 Å². The molecule has 0 aliphatic carbocycles. The van der Waals surface area contributed by atoms with Gasteiger partial charge in [-0.2, -0.15) is 5.10 Å². The molecule has 0 atom stereocenters. The molecule has 0 aliphatic rings. The van der Waals surface area contributed by atoms with Gasteiger partial charge >= 0.3 is 0 Å². The molecule has 0 radical (unpaired) electrons. The largest absolute Gasteiger partial charge is 0.493 e. The minimum atomic E-state index is -0.141. The van der Waals surface area contributed by atoms with Gasteiger partial charge in [0.05, 0.1) is 42.2 Å². The number of benzene rings is 1. The van der Waals surface area contributed by atoms with E-state index >= 15 is 0 Å². The number of hydrogen-bond donors (Lipinski definition) is 0. The Labute approximate surface area is 190 Å². The molecule has 1 amide bonds. The van der Waals surface area contributed by atoms with Gasteiger partial charge in [0.1, 0.15) is 0 Å². The second-order valence-corrected chi connectivity index (χ2v) is 8.07. The molecule has 9 heteroatoms. The zero-order valence-corrected chi connectivity index (χ0v) is 19.1. The summed E-state index contributed by atoms with van der Waals surface area (Å²) in [5, 5.41) is 6.38. The highest BCUT2D eigenvalue weighted by molar-refractivity contribution is 7.13. The van der Waals surface area contributed by atoms with Crippen molar-refractivity contribution in [3.63, 3.8) is 0 Å². The molecule has 0 fully saturated rings. The fraction of sp³-hybridized carbons (Fsp3) is 0.217. The second-order valence-electron chi connectivity index (χ2n) is 7.13. The van der Waals surface area contributed by atoms with Crippen molar-refractivity contribution in [1.29, 1.82) is 0 Å². The molecule has 3 heterocycles. The number of hydrogen-bond acceptors (Lipinski definition) is 7. The molecule has 8 nitrogen and oxygen atoms in total. The Kier molecular flexibility index (Phi) is 6.18. The van der Waals surface area contributed by atoms with Crippen LogP contribution in [0.5, 0.6) is 11.5 Å². The third-order valence-electron chi connectivity index (χ3n) is 5.06. The molecule has 4 aromatic rings. The smallest absolute Gasteiger partial charge is 0.257 e. The van der Waals surface area contributed by atoms with Crippen molar-refractivity contribution in [2.45, 2.75) is 13.5 Å². The lowest BCUT2D eigenvalue weighted by molar-refractivity contribution is 0.0784. The average Bonchev–Trinajstić information content (AvgIpc) is 3.48. The number of thiophene rings is 1. The van der Waals surface area contributed by atoms with Crippen molar-refractivity contribution < 1.29 is 14.3 Å². The van der Waals surface area contributed by atoms with E-state index in [0.29, 0.717) is 35.2 Å². The maximum absolute atomic E-state index is 13.1. The van der Waals surface area contributed by atoms with Crippen LogP contribution in [0.1, 0.15) is 21.6 Å². The number of aromatic nitrogens is 4. The van der Waals surface area contributed by atoms with E-state index in [1.807, 2.05) is 48.7 Å². The van der Waals surface area contributed by atoms with Crippen LogP contribution in [0.25, 0.3) is 16.5 Å². The molecular weight excluding hydrogens is 426 g/mol. The molecule has 0 bridgehead atoms. The third kappa shape index (κ3) is 4.19. The third-order valence-corrected chi connectivity index (χ3v) is 5.95. The van der Waals surface area contributed by atoms with Gasteiger partial charge in [-0.25, -0.2) is 14.6 Å². The summed E-state index contributed by atoms with van der Waals surface area (Å²) in [7, 11) is 4.93. The normalized spacial score (nSPS) is 10.8. The summed E-state index contributed by atoms with van der Waals surface area (Å²) in [6.45, 7) is 2.25. The Morgan fingerprint density at radius 1 is 1.16 bits per heavy atom. The van der Waals surface area contributed by atoms with E-state index in [1.54, 1.807) is 54.6 Å². The predicted molar refractivity (Wildman–Crippen MR) is 123 cm³/mol. The number of ether oxygens (including phenoxy) is 2. The first-order valence-electron chi connectivity index (χ1n) is 9.90. The maximum atomic E-state index is 13.1. The first-order valence-corrected chi connectivity index (χ1v) is 10.8. The maximum Gasteiger partial charge on any atom is 0.257 e. The molecule has 4 rings (SSSR count). The summed E-state index contributed by atoms with van der Waals surface area (Å²) in [6.07, 6.45) is 3.26. The van der Waals surface area contributed by atoms with Crippen molar-refractivity contribution in [2.75, 3.05) is 21.3 Å². The van der Waals surface area contributed by atoms with Crippen molar-refractivity contribution in [2.24, 2.45) is 0 Å². The van der Waals surface area contributed by atoms with Gasteiger partial charge < -0.3 is 14.4 Å². The molecule has 32 heavy (non-hydrogen) atoms. The molecule has 1 aromatic carbocycles. The van der Waals surface area contributed by atoms with Crippen LogP contribution in [0.15, 0.2) is 54.2 Å². The number of methoxy groups -OCH3 is 2. The predicted octanol–water partition coefficient (Wildman–Crippen LogP) is 3.99. The quantitative estimate of drug-likeness (QED) is 0.424. The summed E-state index contributed by atoms with van der Waals surface area (Å²) in [5.41, 5.74) is 2.92. The number of nitrogens with zero attached hydrogens (tertiary/aromatic N) is 5. The van der Waals surface area contributed by atoms with Crippen LogP contribution in [0.3, 0.4) is 0 Å². The monoisotopic (exact) mass is 449 g/mol. The fourth-order valence-corrected chi connectivity index (χ4v) is 4.06. The fourth-order valence-electron chi connectivity index (χ4n) is 3.36. The molecule has 0 saturated carbocycles. The van der Waals surface area contributed by atoms with Gasteiger partial charge in [-0.3, -0.25) is 4.79 Å². The van der Waals surface area contributed by atoms with Gasteiger partial charge in [0.15, 0.2) is 11.5 Å². The lowest BCUT2D eigenvalue weighted by atomic mass is 10.1. The van der Waals surface area contributed by atoms with Crippen LogP contribution in [0.4, 0.5) is 0 Å². The van der Waals surface area contributed by atoms with E-state index in [0.717, 1.165) is 16.1 Å². The Balaban J connectivity index is 1.55. The molecule has 0 aliphatic heterocycles. The van der Waals surface area contributed by atoms with Gasteiger partial charge in [0.25, 0.3) is 11.9 Å². The highest BCUT2D eigenvalue weighted by atomic mass is 32.1. The summed E-state index contributed by atoms with van der Waals surface area (Å²) in [5.74, 6) is 1.55. The SMILES string of the molecule is COc1ccc(CN(C)C(=O)c2cnn(-c3nccc(-c4cccs4)n3)c2C)cc1OC. The molecule has 0 spiro atoms. The van der Waals surface area contributed by atoms with Crippen LogP contribution in [0.2, 0.25) is 0 Å². The molecule has 0 saturated heterocycles. The first-order chi connectivity index (χ1) is 15.5. The Hall–Kier alpha value is -3.72. The van der Waals surface area contributed by atoms with Gasteiger partial charge in [0.2, 0.25) is 0 Å². The zero-order chi connectivity index (χ0) is 22.7. The highest BCUT2D eigenvalue weighted by Crippen LogP contribution is 2.28. The standard InChI is InChI=1S/C23H23N5O3S/c1-15-17(22(29)27(2)14-16-7-8-19(30-3)20(12-16)31-4)13-25-28(15)23-24-10-9-18(26-23)21-6-5-11-32-21/h5-13H,14H2,1-4H3. The van der Waals surface area contributed by atoms with Gasteiger partial charge in [-0.15, -0.1) is 11.3 Å². The average molecular weight is 450 g/mol. The van der Waals surface area contributed by atoms with E-state index in [-0.39, 0.29) is 5.91 Å². The second kappa shape index (κ2) is 9.19. The topological polar surface area (TPSA) is 82.4 Å². The van der Waals surface area contributed by atoms with E-state index in [9.17, 15) is 4.79 Å². The van der Waals surface area contributed by atoms with Crippen molar-refractivity contribution >= 4 is 17.2 Å². The number of amides is 1. The molecule has 3 aromatic heterocycles. The zero-order valence-electron chi connectivity index (χ0n) is 18.3. The minimum Gasteiger partial charge on any atom is -0.493 e. The lowest BCUT2D eigenvalue weighted by Gasteiger charge is -2.18. The van der Waals surface area contributed by atoms with E-state index < -0.39 is 0 Å². The molecule has 0 N–H and O–H groups in total. The summed E-state index contributed by atoms with van der Waals surface area (Å²) >= 11 is 1.61. The molecule has 0 unspecified atom stereocenters. The molecular formula is C23H23N5O3S. The van der Waals surface area contributed by atoms with Crippen LogP contribution in [-0.4, -0.2) is 51.8 Å². The van der Waals surface area contributed by atoms with Crippen LogP contribution < -0.4 is 9.47 Å². The minimum absolute atomic E-state index is 0.141. The molecule has 164 valence electrons. The summed E-state index contributed by atoms with van der Waals surface area (Å²) in [6, 6.07) is 11.4. The van der Waals surface area contributed by atoms with Crippen LogP contribution in [0, 0.1) is 6.92 Å². The Morgan fingerprint density at radius 2 is 1.97 bits per heavy atom. The lowest BCUT2D eigenvalue weighted by Crippen LogP contribution is -2.26. The van der Waals surface area contributed by atoms with Crippen LogP contribution in [-0.2, 0) is 6.54 Å². The van der Waals surface area contributed by atoms with Crippen molar-refractivity contribution in [3.8, 4) is 28.0 Å². The number of carbonyl (C=O) groups excluding carboxylic acids is 1. The number of carbonyl (C=O) groups is 1. The van der Waals surface area contributed by atoms with Gasteiger partial charge in [-0.05, 0) is 42.1 Å². The van der Waals surface area contributed by atoms with Gasteiger partial charge in [0, 0.05) is 19.8 Å². The van der Waals surface area contributed by atoms with E-state index in [1.165, 1.54) is 0 Å². The van der Waals surface area contributed by atoms with Gasteiger partial charge in [-0.1, -0.05) is 12.1 Å². The summed E-state index contributed by atoms with van der Waals surface area (Å²) < 4.78 is 12.2. The number of rotatable bonds is 7. The first kappa shape index (κ1) is 21.5. The van der Waals surface area contributed by atoms with E-state index in [2.05, 4.69) is 15.1 Å².